The minimum absolute atomic E-state index is 0.114. The van der Waals surface area contributed by atoms with E-state index in [0.29, 0.717) is 13.2 Å². The van der Waals surface area contributed by atoms with Crippen LogP contribution in [0.4, 0.5) is 5.82 Å². The first kappa shape index (κ1) is 15.1. The highest BCUT2D eigenvalue weighted by Gasteiger charge is 2.30. The number of anilines is 1. The van der Waals surface area contributed by atoms with Gasteiger partial charge in [0, 0.05) is 24.8 Å². The van der Waals surface area contributed by atoms with Crippen molar-refractivity contribution >= 4 is 16.9 Å². The third-order valence-corrected chi connectivity index (χ3v) is 4.76. The van der Waals surface area contributed by atoms with E-state index in [-0.39, 0.29) is 6.04 Å². The van der Waals surface area contributed by atoms with Crippen molar-refractivity contribution in [2.75, 3.05) is 24.7 Å². The van der Waals surface area contributed by atoms with Crippen LogP contribution < -0.4 is 4.90 Å². The Labute approximate surface area is 141 Å². The summed E-state index contributed by atoms with van der Waals surface area (Å²) in [5.41, 5.74) is 5.28. The Morgan fingerprint density at radius 3 is 2.71 bits per heavy atom. The monoisotopic (exact) mass is 323 g/mol. The average Bonchev–Trinajstić information content (AvgIpc) is 2.86. The topological polar surface area (TPSA) is 56.1 Å². The molecule has 0 spiro atoms. The van der Waals surface area contributed by atoms with Crippen LogP contribution in [0.3, 0.4) is 0 Å². The summed E-state index contributed by atoms with van der Waals surface area (Å²) in [4.78, 5) is 11.7. The molecule has 1 aliphatic heterocycles. The van der Waals surface area contributed by atoms with E-state index < -0.39 is 0 Å². The largest absolute Gasteiger partial charge is 0.377 e. The first-order valence-electron chi connectivity index (χ1n) is 8.21. The fourth-order valence-corrected chi connectivity index (χ4v) is 3.48. The lowest BCUT2D eigenvalue weighted by Gasteiger charge is -2.36. The zero-order valence-electron chi connectivity index (χ0n) is 14.2. The molecule has 3 aromatic rings. The average molecular weight is 323 g/mol. The maximum atomic E-state index is 5.77. The minimum Gasteiger partial charge on any atom is -0.377 e. The number of fused-ring (bicyclic) bond motifs is 1. The normalized spacial score (nSPS) is 18.3. The summed E-state index contributed by atoms with van der Waals surface area (Å²) < 4.78 is 7.70. The van der Waals surface area contributed by atoms with Crippen LogP contribution in [0.2, 0.25) is 0 Å². The molecule has 1 fully saturated rings. The number of hydrogen-bond acceptors (Lipinski definition) is 5. The van der Waals surface area contributed by atoms with E-state index >= 15 is 0 Å². The summed E-state index contributed by atoms with van der Waals surface area (Å²) in [6, 6.07) is 8.08. The predicted octanol–water partition coefficient (Wildman–Crippen LogP) is 2.56. The van der Waals surface area contributed by atoms with E-state index in [1.807, 2.05) is 42.2 Å². The van der Waals surface area contributed by atoms with E-state index in [9.17, 15) is 0 Å². The molecule has 6 heteroatoms. The van der Waals surface area contributed by atoms with Gasteiger partial charge in [-0.1, -0.05) is 12.1 Å². The van der Waals surface area contributed by atoms with Gasteiger partial charge in [0.2, 0.25) is 0 Å². The van der Waals surface area contributed by atoms with Crippen LogP contribution in [-0.2, 0) is 11.8 Å². The van der Waals surface area contributed by atoms with E-state index in [0.717, 1.165) is 29.1 Å². The highest BCUT2D eigenvalue weighted by atomic mass is 16.5. The Balaban J connectivity index is 1.78. The summed E-state index contributed by atoms with van der Waals surface area (Å²) in [6.07, 6.45) is 1.86. The highest BCUT2D eigenvalue weighted by Crippen LogP contribution is 2.32. The van der Waals surface area contributed by atoms with Crippen LogP contribution in [0.15, 0.2) is 30.5 Å². The second-order valence-corrected chi connectivity index (χ2v) is 6.21. The van der Waals surface area contributed by atoms with Gasteiger partial charge in [-0.15, -0.1) is 0 Å². The second-order valence-electron chi connectivity index (χ2n) is 6.21. The van der Waals surface area contributed by atoms with Crippen LogP contribution in [0, 0.1) is 13.8 Å². The first-order valence-corrected chi connectivity index (χ1v) is 8.21. The van der Waals surface area contributed by atoms with Gasteiger partial charge >= 0.3 is 0 Å². The molecule has 2 aromatic heterocycles. The molecule has 1 aromatic carbocycles. The third kappa shape index (κ3) is 2.43. The number of aromatic nitrogens is 4. The first-order chi connectivity index (χ1) is 11.6. The molecule has 1 atom stereocenters. The van der Waals surface area contributed by atoms with Gasteiger partial charge in [0.15, 0.2) is 0 Å². The Morgan fingerprint density at radius 1 is 1.17 bits per heavy atom. The molecule has 24 heavy (non-hydrogen) atoms. The Kier molecular flexibility index (Phi) is 3.69. The molecule has 0 unspecified atom stereocenters. The van der Waals surface area contributed by atoms with Crippen molar-refractivity contribution in [3.8, 4) is 0 Å². The summed E-state index contributed by atoms with van der Waals surface area (Å²) >= 11 is 0. The molecule has 0 amide bonds. The number of morpholine rings is 1. The molecule has 4 rings (SSSR count). The van der Waals surface area contributed by atoms with Crippen LogP contribution in [0.5, 0.6) is 0 Å². The van der Waals surface area contributed by atoms with Gasteiger partial charge in [-0.2, -0.15) is 5.10 Å². The number of benzene rings is 1. The van der Waals surface area contributed by atoms with E-state index in [2.05, 4.69) is 28.8 Å². The van der Waals surface area contributed by atoms with Crippen molar-refractivity contribution in [2.45, 2.75) is 19.9 Å². The zero-order valence-corrected chi connectivity index (χ0v) is 14.2. The molecule has 0 saturated carbocycles. The summed E-state index contributed by atoms with van der Waals surface area (Å²) in [5.74, 6) is 0.893. The maximum absolute atomic E-state index is 5.77. The van der Waals surface area contributed by atoms with E-state index in [4.69, 9.17) is 9.72 Å². The van der Waals surface area contributed by atoms with Gasteiger partial charge in [-0.3, -0.25) is 9.67 Å². The molecule has 0 N–H and O–H groups in total. The van der Waals surface area contributed by atoms with Gasteiger partial charge < -0.3 is 9.64 Å². The van der Waals surface area contributed by atoms with Crippen molar-refractivity contribution in [1.29, 1.82) is 0 Å². The standard InChI is InChI=1S/C18H21N5O/c1-12-18(13(2)22(3)21-12)16-11-24-9-8-23(16)17-10-19-14-6-4-5-7-15(14)20-17/h4-7,10,16H,8-9,11H2,1-3H3/t16-/m1/s1. The smallest absolute Gasteiger partial charge is 0.148 e. The van der Waals surface area contributed by atoms with Gasteiger partial charge in [0.05, 0.1) is 42.2 Å². The molecular weight excluding hydrogens is 302 g/mol. The van der Waals surface area contributed by atoms with Crippen LogP contribution in [0.1, 0.15) is 23.0 Å². The minimum atomic E-state index is 0.114. The second kappa shape index (κ2) is 5.87. The number of nitrogens with zero attached hydrogens (tertiary/aromatic N) is 5. The highest BCUT2D eigenvalue weighted by molar-refractivity contribution is 5.75. The van der Waals surface area contributed by atoms with E-state index in [1.54, 1.807) is 0 Å². The van der Waals surface area contributed by atoms with Crippen molar-refractivity contribution in [3.63, 3.8) is 0 Å². The summed E-state index contributed by atoms with van der Waals surface area (Å²) in [7, 11) is 1.98. The summed E-state index contributed by atoms with van der Waals surface area (Å²) in [6.45, 7) is 6.30. The molecular formula is C18H21N5O. The molecule has 3 heterocycles. The zero-order chi connectivity index (χ0) is 16.7. The number of para-hydroxylation sites is 2. The lowest BCUT2D eigenvalue weighted by molar-refractivity contribution is 0.0933. The van der Waals surface area contributed by atoms with Crippen molar-refractivity contribution < 1.29 is 4.74 Å². The Bertz CT molecular complexity index is 888. The van der Waals surface area contributed by atoms with Crippen LogP contribution in [0.25, 0.3) is 11.0 Å². The number of hydrogen-bond donors (Lipinski definition) is 0. The molecule has 0 bridgehead atoms. The fraction of sp³-hybridized carbons (Fsp3) is 0.389. The maximum Gasteiger partial charge on any atom is 0.148 e. The van der Waals surface area contributed by atoms with Gasteiger partial charge in [-0.05, 0) is 26.0 Å². The van der Waals surface area contributed by atoms with Crippen molar-refractivity contribution in [2.24, 2.45) is 7.05 Å². The Hall–Kier alpha value is -2.47. The molecule has 1 saturated heterocycles. The van der Waals surface area contributed by atoms with E-state index in [1.165, 1.54) is 11.3 Å². The van der Waals surface area contributed by atoms with Crippen molar-refractivity contribution in [1.82, 2.24) is 19.7 Å². The number of ether oxygens (including phenoxy) is 1. The fourth-order valence-electron chi connectivity index (χ4n) is 3.48. The molecule has 124 valence electrons. The Morgan fingerprint density at radius 2 is 1.96 bits per heavy atom. The van der Waals surface area contributed by atoms with Gasteiger partial charge in [0.1, 0.15) is 5.82 Å². The predicted molar refractivity (Wildman–Crippen MR) is 93.1 cm³/mol. The number of aryl methyl sites for hydroxylation is 2. The third-order valence-electron chi connectivity index (χ3n) is 4.76. The molecule has 1 aliphatic rings. The lowest BCUT2D eigenvalue weighted by Crippen LogP contribution is -2.40. The SMILES string of the molecule is Cc1nn(C)c(C)c1[C@H]1COCCN1c1cnc2ccccc2n1. The van der Waals surface area contributed by atoms with Gasteiger partial charge in [-0.25, -0.2) is 4.98 Å². The number of rotatable bonds is 2. The van der Waals surface area contributed by atoms with Crippen LogP contribution >= 0.6 is 0 Å². The van der Waals surface area contributed by atoms with Crippen LogP contribution in [-0.4, -0.2) is 39.5 Å². The molecule has 0 aliphatic carbocycles. The molecule has 0 radical (unpaired) electrons. The quantitative estimate of drug-likeness (QED) is 0.725. The summed E-state index contributed by atoms with van der Waals surface area (Å²) in [5, 5.41) is 4.56. The molecule has 6 nitrogen and oxygen atoms in total. The van der Waals surface area contributed by atoms with Crippen molar-refractivity contribution in [3.05, 3.63) is 47.4 Å². The lowest BCUT2D eigenvalue weighted by atomic mass is 10.0. The van der Waals surface area contributed by atoms with Gasteiger partial charge in [0.25, 0.3) is 0 Å².